The van der Waals surface area contributed by atoms with Crippen LogP contribution in [-0.2, 0) is 6.61 Å². The number of aromatic nitrogens is 1. The molecule has 1 aromatic heterocycles. The number of nitrogens with zero attached hydrogens (tertiary/aromatic N) is 2. The summed E-state index contributed by atoms with van der Waals surface area (Å²) in [6.45, 7) is 2.14. The van der Waals surface area contributed by atoms with Crippen molar-refractivity contribution in [3.05, 3.63) is 75.3 Å². The first-order valence-corrected chi connectivity index (χ1v) is 9.24. The minimum Gasteiger partial charge on any atom is -0.489 e. The lowest BCUT2D eigenvalue weighted by atomic mass is 10.2. The Hall–Kier alpha value is -2.90. The molecule has 1 heterocycles. The van der Waals surface area contributed by atoms with Gasteiger partial charge in [-0.05, 0) is 42.3 Å². The standard InChI is InChI=1S/C19H17ClN4O2S/c1-12-17(27-19(21)23-12)18(25)24-22-10-13-4-3-7-16(9-13)26-11-14-5-2-6-15(20)8-14/h2-10H,11H2,1H3,(H2,21,23)(H,24,25). The number of nitrogen functional groups attached to an aromatic ring is 1. The number of nitrogens with one attached hydrogen (secondary N) is 1. The molecule has 3 rings (SSSR count). The van der Waals surface area contributed by atoms with Gasteiger partial charge in [0.15, 0.2) is 5.13 Å². The summed E-state index contributed by atoms with van der Waals surface area (Å²) in [7, 11) is 0. The third kappa shape index (κ3) is 5.29. The Bertz CT molecular complexity index is 987. The van der Waals surface area contributed by atoms with E-state index in [2.05, 4.69) is 15.5 Å². The molecule has 27 heavy (non-hydrogen) atoms. The molecule has 3 N–H and O–H groups in total. The Kier molecular flexibility index (Phi) is 6.05. The zero-order valence-corrected chi connectivity index (χ0v) is 16.1. The summed E-state index contributed by atoms with van der Waals surface area (Å²) in [5, 5.41) is 5.00. The van der Waals surface area contributed by atoms with Gasteiger partial charge >= 0.3 is 0 Å². The number of thiazole rings is 1. The quantitative estimate of drug-likeness (QED) is 0.483. The van der Waals surface area contributed by atoms with Crippen LogP contribution in [-0.4, -0.2) is 17.1 Å². The first kappa shape index (κ1) is 18.9. The van der Waals surface area contributed by atoms with Crippen molar-refractivity contribution in [1.29, 1.82) is 0 Å². The number of hydrogen-bond donors (Lipinski definition) is 2. The molecule has 0 spiro atoms. The number of anilines is 1. The molecule has 0 saturated heterocycles. The predicted molar refractivity (Wildman–Crippen MR) is 109 cm³/mol. The Balaban J connectivity index is 1.59. The molecule has 0 radical (unpaired) electrons. The summed E-state index contributed by atoms with van der Waals surface area (Å²) >= 11 is 7.10. The highest BCUT2D eigenvalue weighted by molar-refractivity contribution is 7.17. The largest absolute Gasteiger partial charge is 0.489 e. The number of carbonyl (C=O) groups is 1. The molecule has 6 nitrogen and oxygen atoms in total. The molecule has 1 amide bonds. The zero-order valence-electron chi connectivity index (χ0n) is 14.5. The van der Waals surface area contributed by atoms with E-state index in [0.29, 0.717) is 33.1 Å². The van der Waals surface area contributed by atoms with Crippen molar-refractivity contribution in [3.63, 3.8) is 0 Å². The predicted octanol–water partition coefficient (Wildman–Crippen LogP) is 4.03. The highest BCUT2D eigenvalue weighted by atomic mass is 35.5. The lowest BCUT2D eigenvalue weighted by Crippen LogP contribution is -2.17. The molecule has 0 aliphatic heterocycles. The first-order chi connectivity index (χ1) is 13.0. The van der Waals surface area contributed by atoms with Gasteiger partial charge in [-0.2, -0.15) is 5.10 Å². The number of ether oxygens (including phenoxy) is 1. The monoisotopic (exact) mass is 400 g/mol. The third-order valence-corrected chi connectivity index (χ3v) is 4.77. The van der Waals surface area contributed by atoms with Gasteiger partial charge in [0, 0.05) is 5.02 Å². The van der Waals surface area contributed by atoms with Crippen molar-refractivity contribution in [2.75, 3.05) is 5.73 Å². The Morgan fingerprint density at radius 2 is 2.15 bits per heavy atom. The molecule has 0 aliphatic carbocycles. The molecule has 2 aromatic carbocycles. The minimum absolute atomic E-state index is 0.341. The highest BCUT2D eigenvalue weighted by Gasteiger charge is 2.13. The van der Waals surface area contributed by atoms with Gasteiger partial charge in [0.2, 0.25) is 0 Å². The molecule has 0 atom stereocenters. The van der Waals surface area contributed by atoms with Crippen molar-refractivity contribution < 1.29 is 9.53 Å². The van der Waals surface area contributed by atoms with Crippen LogP contribution in [0.15, 0.2) is 53.6 Å². The highest BCUT2D eigenvalue weighted by Crippen LogP contribution is 2.19. The molecule has 0 unspecified atom stereocenters. The minimum atomic E-state index is -0.341. The van der Waals surface area contributed by atoms with Gasteiger partial charge in [0.05, 0.1) is 11.9 Å². The van der Waals surface area contributed by atoms with Crippen LogP contribution in [0.5, 0.6) is 5.75 Å². The number of hydrogen-bond acceptors (Lipinski definition) is 6. The van der Waals surface area contributed by atoms with Crippen LogP contribution < -0.4 is 15.9 Å². The van der Waals surface area contributed by atoms with E-state index in [1.165, 1.54) is 0 Å². The van der Waals surface area contributed by atoms with Crippen molar-refractivity contribution in [1.82, 2.24) is 10.4 Å². The number of carbonyl (C=O) groups excluding carboxylic acids is 1. The van der Waals surface area contributed by atoms with E-state index in [-0.39, 0.29) is 5.91 Å². The van der Waals surface area contributed by atoms with E-state index in [1.807, 2.05) is 48.5 Å². The second-order valence-corrected chi connectivity index (χ2v) is 7.12. The summed E-state index contributed by atoms with van der Waals surface area (Å²) in [5.74, 6) is 0.350. The van der Waals surface area contributed by atoms with Gasteiger partial charge in [-0.25, -0.2) is 10.4 Å². The topological polar surface area (TPSA) is 89.6 Å². The lowest BCUT2D eigenvalue weighted by Gasteiger charge is -2.07. The molecule has 0 fully saturated rings. The Morgan fingerprint density at radius 3 is 2.89 bits per heavy atom. The van der Waals surface area contributed by atoms with Crippen LogP contribution in [0.1, 0.15) is 26.5 Å². The van der Waals surface area contributed by atoms with E-state index in [9.17, 15) is 4.79 Å². The fourth-order valence-electron chi connectivity index (χ4n) is 2.32. The number of aryl methyl sites for hydroxylation is 1. The number of hydrazone groups is 1. The van der Waals surface area contributed by atoms with Gasteiger partial charge < -0.3 is 10.5 Å². The molecule has 0 aliphatic rings. The van der Waals surface area contributed by atoms with Crippen LogP contribution in [0.3, 0.4) is 0 Å². The fourth-order valence-corrected chi connectivity index (χ4v) is 3.26. The van der Waals surface area contributed by atoms with Crippen LogP contribution in [0.2, 0.25) is 5.02 Å². The summed E-state index contributed by atoms with van der Waals surface area (Å²) in [6, 6.07) is 14.9. The van der Waals surface area contributed by atoms with Crippen molar-refractivity contribution in [2.24, 2.45) is 5.10 Å². The molecular formula is C19H17ClN4O2S. The molecule has 0 bridgehead atoms. The maximum Gasteiger partial charge on any atom is 0.283 e. The van der Waals surface area contributed by atoms with Crippen molar-refractivity contribution in [2.45, 2.75) is 13.5 Å². The van der Waals surface area contributed by atoms with E-state index < -0.39 is 0 Å². The normalized spacial score (nSPS) is 10.9. The third-order valence-electron chi connectivity index (χ3n) is 3.55. The zero-order chi connectivity index (χ0) is 19.2. The van der Waals surface area contributed by atoms with Crippen LogP contribution in [0.25, 0.3) is 0 Å². The summed E-state index contributed by atoms with van der Waals surface area (Å²) in [6.07, 6.45) is 1.55. The van der Waals surface area contributed by atoms with E-state index in [0.717, 1.165) is 22.5 Å². The average Bonchev–Trinajstić information content (AvgIpc) is 2.99. The van der Waals surface area contributed by atoms with E-state index in [4.69, 9.17) is 22.1 Å². The smallest absolute Gasteiger partial charge is 0.283 e. The summed E-state index contributed by atoms with van der Waals surface area (Å²) in [5.41, 5.74) is 10.4. The van der Waals surface area contributed by atoms with E-state index in [1.54, 1.807) is 13.1 Å². The molecule has 8 heteroatoms. The Labute approximate surface area is 165 Å². The van der Waals surface area contributed by atoms with E-state index >= 15 is 0 Å². The van der Waals surface area contributed by atoms with Gasteiger partial charge in [-0.3, -0.25) is 4.79 Å². The number of nitrogens with two attached hydrogens (primary N) is 1. The number of amides is 1. The van der Waals surface area contributed by atoms with Gasteiger partial charge in [0.1, 0.15) is 17.2 Å². The van der Waals surface area contributed by atoms with Gasteiger partial charge in [0.25, 0.3) is 5.91 Å². The molecule has 138 valence electrons. The second kappa shape index (κ2) is 8.66. The molecule has 0 saturated carbocycles. The first-order valence-electron chi connectivity index (χ1n) is 8.05. The van der Waals surface area contributed by atoms with Gasteiger partial charge in [-0.15, -0.1) is 0 Å². The Morgan fingerprint density at radius 1 is 1.33 bits per heavy atom. The lowest BCUT2D eigenvalue weighted by molar-refractivity contribution is 0.0958. The van der Waals surface area contributed by atoms with Crippen LogP contribution >= 0.6 is 22.9 Å². The van der Waals surface area contributed by atoms with Crippen molar-refractivity contribution in [3.8, 4) is 5.75 Å². The molecule has 3 aromatic rings. The van der Waals surface area contributed by atoms with Crippen LogP contribution in [0.4, 0.5) is 5.13 Å². The number of rotatable bonds is 6. The maximum atomic E-state index is 12.1. The number of benzene rings is 2. The number of halogens is 1. The van der Waals surface area contributed by atoms with Crippen LogP contribution in [0, 0.1) is 6.92 Å². The van der Waals surface area contributed by atoms with Crippen molar-refractivity contribution >= 4 is 40.2 Å². The second-order valence-electron chi connectivity index (χ2n) is 5.66. The summed E-state index contributed by atoms with van der Waals surface area (Å²) in [4.78, 5) is 16.5. The maximum absolute atomic E-state index is 12.1. The summed E-state index contributed by atoms with van der Waals surface area (Å²) < 4.78 is 5.77. The fraction of sp³-hybridized carbons (Fsp3) is 0.105. The van der Waals surface area contributed by atoms with Gasteiger partial charge in [-0.1, -0.05) is 47.2 Å². The SMILES string of the molecule is Cc1nc(N)sc1C(=O)NN=Cc1cccc(OCc2cccc(Cl)c2)c1. The average molecular weight is 401 g/mol. The molecular weight excluding hydrogens is 384 g/mol.